The molecule has 1 aliphatic heterocycles. The van der Waals surface area contributed by atoms with Crippen molar-refractivity contribution in [2.24, 2.45) is 0 Å². The average Bonchev–Trinajstić information content (AvgIpc) is 2.88. The first-order valence-corrected chi connectivity index (χ1v) is 8.86. The van der Waals surface area contributed by atoms with E-state index in [4.69, 9.17) is 4.52 Å². The minimum absolute atomic E-state index is 0. The van der Waals surface area contributed by atoms with Crippen LogP contribution in [0.4, 0.5) is 0 Å². The van der Waals surface area contributed by atoms with E-state index in [1.54, 1.807) is 6.07 Å². The Morgan fingerprint density at radius 3 is 2.61 bits per heavy atom. The number of hydrogen-bond acceptors (Lipinski definition) is 6. The van der Waals surface area contributed by atoms with Crippen LogP contribution in [0.5, 0.6) is 0 Å². The Hall–Kier alpha value is -1.22. The van der Waals surface area contributed by atoms with Crippen LogP contribution in [0.15, 0.2) is 21.7 Å². The zero-order valence-electron chi connectivity index (χ0n) is 13.3. The van der Waals surface area contributed by atoms with Crippen molar-refractivity contribution in [2.75, 3.05) is 13.1 Å². The molecule has 0 aliphatic carbocycles. The maximum absolute atomic E-state index is 12.9. The van der Waals surface area contributed by atoms with E-state index in [1.807, 2.05) is 20.8 Å². The molecule has 2 aromatic heterocycles. The number of aromatic nitrogens is 2. The lowest BCUT2D eigenvalue weighted by atomic mass is 10.2. The largest absolute Gasteiger partial charge is 0.336 e. The number of pyridine rings is 1. The van der Waals surface area contributed by atoms with Gasteiger partial charge in [0, 0.05) is 25.2 Å². The summed E-state index contributed by atoms with van der Waals surface area (Å²) in [5.41, 5.74) is 1.10. The number of fused-ring (bicyclic) bond motifs is 1. The number of hydrogen-bond donors (Lipinski definition) is 1. The summed E-state index contributed by atoms with van der Waals surface area (Å²) in [5.74, 6) is 0. The van der Waals surface area contributed by atoms with Crippen molar-refractivity contribution in [1.29, 1.82) is 0 Å². The summed E-state index contributed by atoms with van der Waals surface area (Å²) in [6.07, 6.45) is 2.01. The number of aryl methyl sites for hydroxylation is 1. The highest BCUT2D eigenvalue weighted by molar-refractivity contribution is 7.89. The van der Waals surface area contributed by atoms with Gasteiger partial charge in [-0.1, -0.05) is 12.1 Å². The highest BCUT2D eigenvalue weighted by Crippen LogP contribution is 2.24. The van der Waals surface area contributed by atoms with Crippen molar-refractivity contribution in [3.63, 3.8) is 0 Å². The molecule has 23 heavy (non-hydrogen) atoms. The predicted octanol–water partition coefficient (Wildman–Crippen LogP) is 1.58. The summed E-state index contributed by atoms with van der Waals surface area (Å²) >= 11 is 0. The van der Waals surface area contributed by atoms with Gasteiger partial charge in [-0.15, -0.1) is 12.4 Å². The maximum Gasteiger partial charge on any atom is 0.258 e. The van der Waals surface area contributed by atoms with Crippen LogP contribution in [0.2, 0.25) is 0 Å². The lowest BCUT2D eigenvalue weighted by molar-refractivity contribution is 0.263. The molecular weight excluding hydrogens is 340 g/mol. The molecule has 1 saturated heterocycles. The minimum atomic E-state index is -3.56. The fourth-order valence-electron chi connectivity index (χ4n) is 2.88. The summed E-state index contributed by atoms with van der Waals surface area (Å²) in [5, 5.41) is 7.91. The van der Waals surface area contributed by atoms with E-state index in [0.29, 0.717) is 30.6 Å². The quantitative estimate of drug-likeness (QED) is 0.894. The van der Waals surface area contributed by atoms with Crippen molar-refractivity contribution in [3.8, 4) is 0 Å². The summed E-state index contributed by atoms with van der Waals surface area (Å²) < 4.78 is 32.3. The van der Waals surface area contributed by atoms with Crippen LogP contribution >= 0.6 is 12.4 Å². The Labute approximate surface area is 141 Å². The Kier molecular flexibility index (Phi) is 5.30. The third-order valence-corrected chi connectivity index (χ3v) is 5.67. The number of sulfonamides is 1. The van der Waals surface area contributed by atoms with Crippen LogP contribution < -0.4 is 5.32 Å². The fraction of sp³-hybridized carbons (Fsp3) is 0.571. The van der Waals surface area contributed by atoms with Crippen LogP contribution in [0.3, 0.4) is 0 Å². The highest BCUT2D eigenvalue weighted by atomic mass is 35.5. The lowest BCUT2D eigenvalue weighted by Gasteiger charge is -2.35. The Morgan fingerprint density at radius 2 is 2.00 bits per heavy atom. The molecule has 2 aromatic rings. The SMILES string of the molecule is CCc1noc2ncc(S(=O)(=O)N3CC(C)NC(C)C3)cc12.Cl. The zero-order valence-corrected chi connectivity index (χ0v) is 14.9. The summed E-state index contributed by atoms with van der Waals surface area (Å²) in [4.78, 5) is 4.29. The first-order chi connectivity index (χ1) is 10.4. The molecule has 3 rings (SSSR count). The molecule has 128 valence electrons. The lowest BCUT2D eigenvalue weighted by Crippen LogP contribution is -2.55. The third-order valence-electron chi connectivity index (χ3n) is 3.88. The van der Waals surface area contributed by atoms with Gasteiger partial charge in [0.15, 0.2) is 0 Å². The Bertz CT molecular complexity index is 782. The molecule has 0 aromatic carbocycles. The van der Waals surface area contributed by atoms with Gasteiger partial charge in [-0.3, -0.25) is 0 Å². The topological polar surface area (TPSA) is 88.3 Å². The average molecular weight is 361 g/mol. The third kappa shape index (κ3) is 3.35. The van der Waals surface area contributed by atoms with E-state index in [9.17, 15) is 8.42 Å². The zero-order chi connectivity index (χ0) is 15.9. The van der Waals surface area contributed by atoms with E-state index in [-0.39, 0.29) is 29.4 Å². The van der Waals surface area contributed by atoms with Gasteiger partial charge in [0.1, 0.15) is 4.90 Å². The molecule has 9 heteroatoms. The summed E-state index contributed by atoms with van der Waals surface area (Å²) in [6.45, 7) is 6.81. The van der Waals surface area contributed by atoms with E-state index in [0.717, 1.165) is 5.69 Å². The minimum Gasteiger partial charge on any atom is -0.336 e. The number of rotatable bonds is 3. The smallest absolute Gasteiger partial charge is 0.258 e. The number of halogens is 1. The molecule has 0 saturated carbocycles. The molecule has 1 aliphatic rings. The van der Waals surface area contributed by atoms with E-state index < -0.39 is 10.0 Å². The molecule has 1 fully saturated rings. The van der Waals surface area contributed by atoms with Crippen LogP contribution in [-0.4, -0.2) is 48.0 Å². The molecule has 7 nitrogen and oxygen atoms in total. The van der Waals surface area contributed by atoms with Crippen molar-refractivity contribution in [3.05, 3.63) is 18.0 Å². The number of nitrogens with one attached hydrogen (secondary N) is 1. The Morgan fingerprint density at radius 1 is 1.35 bits per heavy atom. The molecule has 2 atom stereocenters. The molecule has 1 N–H and O–H groups in total. The van der Waals surface area contributed by atoms with Gasteiger partial charge in [-0.05, 0) is 26.3 Å². The molecule has 0 bridgehead atoms. The molecule has 0 amide bonds. The second-order valence-corrected chi connectivity index (χ2v) is 7.74. The van der Waals surface area contributed by atoms with Crippen molar-refractivity contribution in [2.45, 2.75) is 44.2 Å². The van der Waals surface area contributed by atoms with E-state index in [2.05, 4.69) is 15.5 Å². The normalized spacial score (nSPS) is 22.9. The molecule has 3 heterocycles. The summed E-state index contributed by atoms with van der Waals surface area (Å²) in [6, 6.07) is 1.86. The van der Waals surface area contributed by atoms with Crippen LogP contribution in [0, 0.1) is 0 Å². The Balaban J connectivity index is 0.00000192. The highest BCUT2D eigenvalue weighted by Gasteiger charge is 2.32. The van der Waals surface area contributed by atoms with Gasteiger partial charge in [0.25, 0.3) is 5.71 Å². The van der Waals surface area contributed by atoms with E-state index >= 15 is 0 Å². The van der Waals surface area contributed by atoms with Crippen molar-refractivity contribution >= 4 is 33.5 Å². The molecule has 0 spiro atoms. The first kappa shape index (κ1) is 18.1. The maximum atomic E-state index is 12.9. The second-order valence-electron chi connectivity index (χ2n) is 5.80. The first-order valence-electron chi connectivity index (χ1n) is 7.42. The predicted molar refractivity (Wildman–Crippen MR) is 89.2 cm³/mol. The second kappa shape index (κ2) is 6.72. The van der Waals surface area contributed by atoms with Gasteiger partial charge in [-0.25, -0.2) is 13.4 Å². The number of nitrogens with zero attached hydrogens (tertiary/aromatic N) is 3. The molecular formula is C14H21ClN4O3S. The van der Waals surface area contributed by atoms with Crippen LogP contribution in [0.25, 0.3) is 11.1 Å². The van der Waals surface area contributed by atoms with Gasteiger partial charge >= 0.3 is 0 Å². The van der Waals surface area contributed by atoms with Gasteiger partial charge in [-0.2, -0.15) is 4.31 Å². The van der Waals surface area contributed by atoms with Gasteiger partial charge in [0.05, 0.1) is 17.3 Å². The fourth-order valence-corrected chi connectivity index (χ4v) is 4.47. The van der Waals surface area contributed by atoms with Crippen LogP contribution in [-0.2, 0) is 16.4 Å². The monoisotopic (exact) mass is 360 g/mol. The molecule has 2 unspecified atom stereocenters. The van der Waals surface area contributed by atoms with Crippen molar-refractivity contribution < 1.29 is 12.9 Å². The van der Waals surface area contributed by atoms with Gasteiger partial charge in [0.2, 0.25) is 10.0 Å². The van der Waals surface area contributed by atoms with Crippen molar-refractivity contribution in [1.82, 2.24) is 19.8 Å². The van der Waals surface area contributed by atoms with Crippen LogP contribution in [0.1, 0.15) is 26.5 Å². The standard InChI is InChI=1S/C14H20N4O3S.ClH/c1-4-13-12-5-11(6-15-14(12)21-17-13)22(19,20)18-7-9(2)16-10(3)8-18;/h5-6,9-10,16H,4,7-8H2,1-3H3;1H. The molecule has 0 radical (unpaired) electrons. The van der Waals surface area contributed by atoms with Gasteiger partial charge < -0.3 is 9.84 Å². The summed E-state index contributed by atoms with van der Waals surface area (Å²) in [7, 11) is -3.56. The van der Waals surface area contributed by atoms with E-state index in [1.165, 1.54) is 10.5 Å². The number of piperazine rings is 1.